The molecule has 5 heteroatoms. The van der Waals surface area contributed by atoms with E-state index in [1.54, 1.807) is 7.05 Å². The molecule has 0 unspecified atom stereocenters. The molecule has 84 valence electrons. The van der Waals surface area contributed by atoms with Crippen LogP contribution in [0.4, 0.5) is 0 Å². The smallest absolute Gasteiger partial charge is 0.216 e. The maximum absolute atomic E-state index is 9.70. The second-order valence-corrected chi connectivity index (χ2v) is 1.04. The fourth-order valence-electron chi connectivity index (χ4n) is 0. The predicted molar refractivity (Wildman–Crippen MR) is 54.5 cm³/mol. The minimum Gasteiger partial charge on any atom is -0.400 e. The fraction of sp³-hybridized carbons (Fsp3) is 0.750. The summed E-state index contributed by atoms with van der Waals surface area (Å²) in [7, 11) is 3.60. The Bertz CT molecular complexity index is 76.5. The second kappa shape index (κ2) is 67.9. The van der Waals surface area contributed by atoms with E-state index in [9.17, 15) is 4.79 Å². The number of carbonyl (C=O) groups is 2. The lowest BCUT2D eigenvalue weighted by molar-refractivity contribution is -0.118. The molecule has 0 saturated heterocycles. The molecule has 0 aromatic heterocycles. The number of nitrogens with one attached hydrogen (secondary N) is 1. The van der Waals surface area contributed by atoms with E-state index in [-0.39, 0.29) is 13.3 Å². The Labute approximate surface area is 80.8 Å². The molecule has 0 aliphatic rings. The van der Waals surface area contributed by atoms with E-state index in [4.69, 9.17) is 15.0 Å². The van der Waals surface area contributed by atoms with E-state index in [0.717, 1.165) is 20.5 Å². The fourth-order valence-corrected chi connectivity index (χ4v) is 0. The van der Waals surface area contributed by atoms with Crippen LogP contribution in [0.15, 0.2) is 0 Å². The van der Waals surface area contributed by atoms with Crippen LogP contribution in [0.5, 0.6) is 0 Å². The van der Waals surface area contributed by atoms with Gasteiger partial charge < -0.3 is 20.3 Å². The van der Waals surface area contributed by atoms with Crippen molar-refractivity contribution in [2.75, 3.05) is 21.3 Å². The summed E-state index contributed by atoms with van der Waals surface area (Å²) in [6.45, 7) is 2.92. The first-order valence-electron chi connectivity index (χ1n) is 3.16. The highest BCUT2D eigenvalue weighted by Gasteiger charge is 1.72. The van der Waals surface area contributed by atoms with Gasteiger partial charge in [-0.25, -0.2) is 0 Å². The summed E-state index contributed by atoms with van der Waals surface area (Å²) in [6, 6.07) is 0. The number of hydrogen-bond donors (Lipinski definition) is 3. The molecule has 0 bridgehead atoms. The lowest BCUT2D eigenvalue weighted by atomic mass is 10.7. The van der Waals surface area contributed by atoms with Gasteiger partial charge in [-0.1, -0.05) is 7.43 Å². The van der Waals surface area contributed by atoms with Crippen molar-refractivity contribution < 1.29 is 19.8 Å². The molecular weight excluding hydrogens is 174 g/mol. The van der Waals surface area contributed by atoms with Crippen LogP contribution < -0.4 is 5.32 Å². The summed E-state index contributed by atoms with van der Waals surface area (Å²) in [5, 5.41) is 16.4. The Balaban J connectivity index is -0.0000000235. The first kappa shape index (κ1) is 29.6. The molecule has 0 spiro atoms. The minimum atomic E-state index is 0. The summed E-state index contributed by atoms with van der Waals surface area (Å²) >= 11 is 0. The van der Waals surface area contributed by atoms with E-state index >= 15 is 0 Å². The average molecular weight is 197 g/mol. The molecule has 0 atom stereocenters. The predicted octanol–water partition coefficient (Wildman–Crippen LogP) is -0.189. The standard InChI is InChI=1S/C3H7NO.C2H4O.2CH4O.CH4/c1-3(5)4-2;1-2-3;2*1-2;/h1-2H3,(H,4,5);2H,1H3;2*2H,1H3;1H4. The number of aldehydes is 1. The number of amides is 1. The number of aliphatic hydroxyl groups is 2. The summed E-state index contributed by atoms with van der Waals surface area (Å²) < 4.78 is 0. The van der Waals surface area contributed by atoms with Crippen LogP contribution in [0.2, 0.25) is 0 Å². The first-order chi connectivity index (χ1) is 5.68. The molecule has 0 rings (SSSR count). The molecule has 0 saturated carbocycles. The SMILES string of the molecule is C.CC=O.CNC(C)=O.CO.CO. The van der Waals surface area contributed by atoms with Gasteiger partial charge in [-0.05, 0) is 6.92 Å². The monoisotopic (exact) mass is 197 g/mol. The minimum absolute atomic E-state index is 0. The maximum Gasteiger partial charge on any atom is 0.216 e. The Hall–Kier alpha value is -0.940. The Kier molecular flexibility index (Phi) is 155. The molecule has 1 amide bonds. The molecule has 0 aromatic carbocycles. The van der Waals surface area contributed by atoms with Crippen molar-refractivity contribution in [2.24, 2.45) is 0 Å². The van der Waals surface area contributed by atoms with Crippen molar-refractivity contribution in [3.05, 3.63) is 0 Å². The molecule has 0 aromatic rings. The molecule has 0 aliphatic carbocycles. The van der Waals surface area contributed by atoms with Gasteiger partial charge in [0, 0.05) is 28.2 Å². The van der Waals surface area contributed by atoms with Crippen molar-refractivity contribution in [3.63, 3.8) is 0 Å². The summed E-state index contributed by atoms with van der Waals surface area (Å²) in [5.74, 6) is 0.00463. The van der Waals surface area contributed by atoms with Gasteiger partial charge in [-0.2, -0.15) is 0 Å². The van der Waals surface area contributed by atoms with E-state index < -0.39 is 0 Å². The molecule has 0 radical (unpaired) electrons. The van der Waals surface area contributed by atoms with Crippen LogP contribution in [0, 0.1) is 0 Å². The van der Waals surface area contributed by atoms with Gasteiger partial charge in [0.25, 0.3) is 0 Å². The van der Waals surface area contributed by atoms with Crippen molar-refractivity contribution in [1.82, 2.24) is 5.32 Å². The molecule has 3 N–H and O–H groups in total. The highest BCUT2D eigenvalue weighted by atomic mass is 16.2. The van der Waals surface area contributed by atoms with Crippen molar-refractivity contribution in [1.29, 1.82) is 0 Å². The number of aliphatic hydroxyl groups excluding tert-OH is 2. The third-order valence-corrected chi connectivity index (χ3v) is 0.352. The van der Waals surface area contributed by atoms with E-state index in [1.165, 1.54) is 13.8 Å². The van der Waals surface area contributed by atoms with Gasteiger partial charge in [0.15, 0.2) is 0 Å². The van der Waals surface area contributed by atoms with Gasteiger partial charge in [-0.15, -0.1) is 0 Å². The second-order valence-electron chi connectivity index (χ2n) is 1.04. The summed E-state index contributed by atoms with van der Waals surface area (Å²) in [5.41, 5.74) is 0. The first-order valence-corrected chi connectivity index (χ1v) is 3.16. The van der Waals surface area contributed by atoms with Crippen LogP contribution in [0.25, 0.3) is 0 Å². The quantitative estimate of drug-likeness (QED) is 0.470. The zero-order valence-electron chi connectivity index (χ0n) is 8.29. The number of rotatable bonds is 0. The zero-order chi connectivity index (χ0) is 11.0. The highest BCUT2D eigenvalue weighted by Crippen LogP contribution is 1.45. The van der Waals surface area contributed by atoms with Crippen molar-refractivity contribution in [3.8, 4) is 0 Å². The molecule has 0 heterocycles. The third-order valence-electron chi connectivity index (χ3n) is 0.352. The summed E-state index contributed by atoms with van der Waals surface area (Å²) in [4.78, 5) is 18.5. The van der Waals surface area contributed by atoms with Gasteiger partial charge in [0.2, 0.25) is 5.91 Å². The largest absolute Gasteiger partial charge is 0.400 e. The van der Waals surface area contributed by atoms with Crippen molar-refractivity contribution >= 4 is 12.2 Å². The van der Waals surface area contributed by atoms with Crippen molar-refractivity contribution in [2.45, 2.75) is 21.3 Å². The van der Waals surface area contributed by atoms with Crippen LogP contribution >= 0.6 is 0 Å². The third kappa shape index (κ3) is 808. The van der Waals surface area contributed by atoms with E-state index in [1.807, 2.05) is 0 Å². The summed E-state index contributed by atoms with van der Waals surface area (Å²) in [6.07, 6.45) is 0.750. The van der Waals surface area contributed by atoms with Gasteiger partial charge in [0.1, 0.15) is 6.29 Å². The Morgan fingerprint density at radius 3 is 1.31 bits per heavy atom. The van der Waals surface area contributed by atoms with Crippen LogP contribution in [-0.2, 0) is 9.59 Å². The lowest BCUT2D eigenvalue weighted by Crippen LogP contribution is -2.11. The number of hydrogen-bond acceptors (Lipinski definition) is 4. The topological polar surface area (TPSA) is 86.6 Å². The molecular formula is C8H23NO4. The normalized spacial score (nSPS) is 4.54. The van der Waals surface area contributed by atoms with Gasteiger partial charge in [-0.3, -0.25) is 4.79 Å². The Morgan fingerprint density at radius 1 is 1.23 bits per heavy atom. The maximum atomic E-state index is 9.70. The Morgan fingerprint density at radius 2 is 1.31 bits per heavy atom. The van der Waals surface area contributed by atoms with Crippen LogP contribution in [0.1, 0.15) is 21.3 Å². The molecule has 0 fully saturated rings. The lowest BCUT2D eigenvalue weighted by Gasteiger charge is -1.80. The number of carbonyl (C=O) groups excluding carboxylic acids is 2. The highest BCUT2D eigenvalue weighted by molar-refractivity contribution is 5.72. The van der Waals surface area contributed by atoms with E-state index in [2.05, 4.69) is 5.32 Å². The average Bonchev–Trinajstić information content (AvgIpc) is 2.13. The molecule has 13 heavy (non-hydrogen) atoms. The van der Waals surface area contributed by atoms with Crippen LogP contribution in [-0.4, -0.2) is 43.7 Å². The van der Waals surface area contributed by atoms with Crippen LogP contribution in [0.3, 0.4) is 0 Å². The zero-order valence-corrected chi connectivity index (χ0v) is 8.29. The van der Waals surface area contributed by atoms with Gasteiger partial charge in [0.05, 0.1) is 0 Å². The molecule has 0 aliphatic heterocycles. The molecule has 5 nitrogen and oxygen atoms in total. The van der Waals surface area contributed by atoms with Gasteiger partial charge >= 0.3 is 0 Å². The van der Waals surface area contributed by atoms with E-state index in [0.29, 0.717) is 0 Å².